The second-order valence-corrected chi connectivity index (χ2v) is 5.79. The highest BCUT2D eigenvalue weighted by Gasteiger charge is 2.20. The van der Waals surface area contributed by atoms with Crippen LogP contribution in [0.25, 0.3) is 0 Å². The van der Waals surface area contributed by atoms with Crippen molar-refractivity contribution in [3.8, 4) is 0 Å². The van der Waals surface area contributed by atoms with Crippen molar-refractivity contribution in [2.45, 2.75) is 26.2 Å². The van der Waals surface area contributed by atoms with Gasteiger partial charge in [-0.2, -0.15) is 0 Å². The fourth-order valence-electron chi connectivity index (χ4n) is 2.63. The van der Waals surface area contributed by atoms with E-state index in [4.69, 9.17) is 0 Å². The van der Waals surface area contributed by atoms with Crippen molar-refractivity contribution in [2.75, 3.05) is 39.3 Å². The topological polar surface area (TPSA) is 35.6 Å². The van der Waals surface area contributed by atoms with E-state index in [1.807, 2.05) is 4.90 Å². The molecule has 4 nitrogen and oxygen atoms in total. The molecule has 1 aliphatic heterocycles. The van der Waals surface area contributed by atoms with Crippen LogP contribution in [0.5, 0.6) is 0 Å². The Balaban J connectivity index is 1.64. The van der Waals surface area contributed by atoms with E-state index in [1.165, 1.54) is 25.0 Å². The summed E-state index contributed by atoms with van der Waals surface area (Å²) in [5.74, 6) is -0.228. The molecule has 0 atom stereocenters. The minimum absolute atomic E-state index is 0.0113. The van der Waals surface area contributed by atoms with Gasteiger partial charge in [0.25, 0.3) is 0 Å². The fraction of sp³-hybridized carbons (Fsp3) is 0.588. The van der Waals surface area contributed by atoms with Crippen LogP contribution in [0.4, 0.5) is 9.18 Å². The molecule has 1 aromatic rings. The molecule has 0 aliphatic carbocycles. The van der Waals surface area contributed by atoms with E-state index in [1.54, 1.807) is 12.1 Å². The van der Waals surface area contributed by atoms with E-state index in [-0.39, 0.29) is 11.8 Å². The molecule has 122 valence electrons. The third-order valence-corrected chi connectivity index (χ3v) is 4.09. The number of carbonyl (C=O) groups is 1. The van der Waals surface area contributed by atoms with Crippen molar-refractivity contribution in [3.05, 3.63) is 35.6 Å². The summed E-state index contributed by atoms with van der Waals surface area (Å²) >= 11 is 0. The SMILES string of the molecule is CCCCN1CCN(C(=O)NCCc2ccc(F)cc2)CC1. The van der Waals surface area contributed by atoms with Crippen molar-refractivity contribution < 1.29 is 9.18 Å². The summed E-state index contributed by atoms with van der Waals surface area (Å²) in [6.07, 6.45) is 3.16. The van der Waals surface area contributed by atoms with Gasteiger partial charge >= 0.3 is 6.03 Å². The van der Waals surface area contributed by atoms with Crippen LogP contribution in [-0.4, -0.2) is 55.1 Å². The van der Waals surface area contributed by atoms with Gasteiger partial charge in [0.15, 0.2) is 0 Å². The van der Waals surface area contributed by atoms with E-state index in [0.717, 1.165) is 44.7 Å². The van der Waals surface area contributed by atoms with Crippen LogP contribution < -0.4 is 5.32 Å². The molecule has 0 spiro atoms. The zero-order chi connectivity index (χ0) is 15.8. The lowest BCUT2D eigenvalue weighted by molar-refractivity contribution is 0.138. The Hall–Kier alpha value is -1.62. The van der Waals surface area contributed by atoms with Crippen LogP contribution in [0.1, 0.15) is 25.3 Å². The number of carbonyl (C=O) groups excluding carboxylic acids is 1. The largest absolute Gasteiger partial charge is 0.338 e. The summed E-state index contributed by atoms with van der Waals surface area (Å²) in [7, 11) is 0. The first kappa shape index (κ1) is 16.7. The maximum atomic E-state index is 12.8. The van der Waals surface area contributed by atoms with Crippen molar-refractivity contribution in [1.29, 1.82) is 0 Å². The molecule has 22 heavy (non-hydrogen) atoms. The maximum Gasteiger partial charge on any atom is 0.317 e. The second-order valence-electron chi connectivity index (χ2n) is 5.79. The summed E-state index contributed by atoms with van der Waals surface area (Å²) in [5.41, 5.74) is 1.03. The molecule has 0 bridgehead atoms. The van der Waals surface area contributed by atoms with Gasteiger partial charge in [0.05, 0.1) is 0 Å². The molecule has 0 aromatic heterocycles. The van der Waals surface area contributed by atoms with E-state index in [0.29, 0.717) is 6.54 Å². The predicted molar refractivity (Wildman–Crippen MR) is 86.4 cm³/mol. The molecular formula is C17H26FN3O. The maximum absolute atomic E-state index is 12.8. The third kappa shape index (κ3) is 5.30. The van der Waals surface area contributed by atoms with E-state index in [2.05, 4.69) is 17.1 Å². The summed E-state index contributed by atoms with van der Waals surface area (Å²) in [6, 6.07) is 6.43. The molecule has 1 heterocycles. The molecule has 2 amide bonds. The number of halogens is 1. The van der Waals surface area contributed by atoms with E-state index >= 15 is 0 Å². The number of benzene rings is 1. The number of hydrogen-bond acceptors (Lipinski definition) is 2. The highest BCUT2D eigenvalue weighted by molar-refractivity contribution is 5.74. The summed E-state index contributed by atoms with van der Waals surface area (Å²) in [4.78, 5) is 16.4. The first-order chi connectivity index (χ1) is 10.7. The van der Waals surface area contributed by atoms with Crippen molar-refractivity contribution in [2.24, 2.45) is 0 Å². The molecule has 1 fully saturated rings. The quantitative estimate of drug-likeness (QED) is 0.876. The summed E-state index contributed by atoms with van der Waals surface area (Å²) in [5, 5.41) is 2.95. The van der Waals surface area contributed by atoms with Crippen LogP contribution in [-0.2, 0) is 6.42 Å². The molecule has 1 N–H and O–H groups in total. The monoisotopic (exact) mass is 307 g/mol. The molecule has 5 heteroatoms. The van der Waals surface area contributed by atoms with Crippen LogP contribution in [0, 0.1) is 5.82 Å². The number of nitrogens with one attached hydrogen (secondary N) is 1. The van der Waals surface area contributed by atoms with Gasteiger partial charge in [-0.15, -0.1) is 0 Å². The summed E-state index contributed by atoms with van der Waals surface area (Å²) < 4.78 is 12.8. The average Bonchev–Trinajstić information content (AvgIpc) is 2.55. The van der Waals surface area contributed by atoms with Crippen molar-refractivity contribution in [3.63, 3.8) is 0 Å². The second kappa shape index (κ2) is 8.73. The minimum Gasteiger partial charge on any atom is -0.338 e. The van der Waals surface area contributed by atoms with Gasteiger partial charge in [0.2, 0.25) is 0 Å². The number of nitrogens with zero attached hydrogens (tertiary/aromatic N) is 2. The van der Waals surface area contributed by atoms with Crippen molar-refractivity contribution in [1.82, 2.24) is 15.1 Å². The number of amides is 2. The molecule has 0 saturated carbocycles. The lowest BCUT2D eigenvalue weighted by atomic mass is 10.1. The lowest BCUT2D eigenvalue weighted by Gasteiger charge is -2.34. The van der Waals surface area contributed by atoms with Crippen LogP contribution in [0.15, 0.2) is 24.3 Å². The van der Waals surface area contributed by atoms with Gasteiger partial charge in [-0.3, -0.25) is 4.90 Å². The smallest absolute Gasteiger partial charge is 0.317 e. The summed E-state index contributed by atoms with van der Waals surface area (Å²) in [6.45, 7) is 7.44. The highest BCUT2D eigenvalue weighted by Crippen LogP contribution is 2.05. The Labute approximate surface area is 132 Å². The first-order valence-electron chi connectivity index (χ1n) is 8.18. The number of rotatable bonds is 6. The zero-order valence-electron chi connectivity index (χ0n) is 13.4. The molecule has 1 aromatic carbocycles. The molecule has 1 saturated heterocycles. The van der Waals surface area contributed by atoms with Gasteiger partial charge in [0.1, 0.15) is 5.82 Å². The Morgan fingerprint density at radius 3 is 2.50 bits per heavy atom. The van der Waals surface area contributed by atoms with Gasteiger partial charge in [0, 0.05) is 32.7 Å². The van der Waals surface area contributed by atoms with E-state index in [9.17, 15) is 9.18 Å². The van der Waals surface area contributed by atoms with Crippen LogP contribution >= 0.6 is 0 Å². The van der Waals surface area contributed by atoms with Gasteiger partial charge < -0.3 is 10.2 Å². The van der Waals surface area contributed by atoms with Crippen LogP contribution in [0.3, 0.4) is 0 Å². The van der Waals surface area contributed by atoms with Gasteiger partial charge in [-0.1, -0.05) is 25.5 Å². The lowest BCUT2D eigenvalue weighted by Crippen LogP contribution is -2.52. The van der Waals surface area contributed by atoms with Gasteiger partial charge in [-0.05, 0) is 37.1 Å². The fourth-order valence-corrected chi connectivity index (χ4v) is 2.63. The molecule has 2 rings (SSSR count). The Kier molecular flexibility index (Phi) is 6.65. The normalized spacial score (nSPS) is 15.8. The molecule has 1 aliphatic rings. The molecule has 0 unspecified atom stereocenters. The number of unbranched alkanes of at least 4 members (excludes halogenated alkanes) is 1. The van der Waals surface area contributed by atoms with Crippen molar-refractivity contribution >= 4 is 6.03 Å². The zero-order valence-corrected chi connectivity index (χ0v) is 13.4. The Morgan fingerprint density at radius 2 is 1.86 bits per heavy atom. The molecule has 0 radical (unpaired) electrons. The van der Waals surface area contributed by atoms with Crippen LogP contribution in [0.2, 0.25) is 0 Å². The highest BCUT2D eigenvalue weighted by atomic mass is 19.1. The number of hydrogen-bond donors (Lipinski definition) is 1. The average molecular weight is 307 g/mol. The Bertz CT molecular complexity index is 455. The minimum atomic E-state index is -0.228. The first-order valence-corrected chi connectivity index (χ1v) is 8.18. The Morgan fingerprint density at radius 1 is 1.18 bits per heavy atom. The van der Waals surface area contributed by atoms with Gasteiger partial charge in [-0.25, -0.2) is 9.18 Å². The molecular weight excluding hydrogens is 281 g/mol. The van der Waals surface area contributed by atoms with E-state index < -0.39 is 0 Å². The number of piperazine rings is 1. The third-order valence-electron chi connectivity index (χ3n) is 4.09. The standard InChI is InChI=1S/C17H26FN3O/c1-2-3-10-20-11-13-21(14-12-20)17(22)19-9-8-15-4-6-16(18)7-5-15/h4-7H,2-3,8-14H2,1H3,(H,19,22). The number of urea groups is 1. The predicted octanol–water partition coefficient (Wildman–Crippen LogP) is 2.50.